The Labute approximate surface area is 108 Å². The molecule has 1 aliphatic rings. The molecule has 0 aromatic heterocycles. The highest BCUT2D eigenvalue weighted by atomic mass is 16.7. The van der Waals surface area contributed by atoms with Gasteiger partial charge in [0.25, 0.3) is 5.79 Å². The number of carboxylic acids is 1. The van der Waals surface area contributed by atoms with Crippen molar-refractivity contribution in [2.75, 3.05) is 6.61 Å². The number of aliphatic carboxylic acids is 1. The first-order valence-electron chi connectivity index (χ1n) is 5.63. The van der Waals surface area contributed by atoms with Gasteiger partial charge in [0.2, 0.25) is 0 Å². The molecule has 0 aromatic carbocycles. The lowest BCUT2D eigenvalue weighted by Gasteiger charge is -2.46. The number of aliphatic hydroxyl groups is 6. The summed E-state index contributed by atoms with van der Waals surface area (Å²) < 4.78 is 4.74. The van der Waals surface area contributed by atoms with Gasteiger partial charge in [-0.05, 0) is 0 Å². The average molecular weight is 282 g/mol. The summed E-state index contributed by atoms with van der Waals surface area (Å²) in [5.74, 6) is -6.03. The number of hydrogen-bond donors (Lipinski definition) is 7. The fourth-order valence-electron chi connectivity index (χ4n) is 1.98. The Hall–Kier alpha value is -0.810. The van der Waals surface area contributed by atoms with Crippen LogP contribution in [-0.2, 0) is 9.53 Å². The number of ether oxygens (including phenoxy) is 1. The zero-order valence-corrected chi connectivity index (χ0v) is 10.1. The Morgan fingerprint density at radius 1 is 1.37 bits per heavy atom. The van der Waals surface area contributed by atoms with Gasteiger partial charge in [0.1, 0.15) is 18.3 Å². The molecule has 0 saturated carbocycles. The molecule has 1 saturated heterocycles. The Kier molecular flexibility index (Phi) is 4.85. The van der Waals surface area contributed by atoms with E-state index in [2.05, 4.69) is 0 Å². The maximum Gasteiger partial charge on any atom is 0.367 e. The van der Waals surface area contributed by atoms with Gasteiger partial charge in [-0.25, -0.2) is 4.79 Å². The number of carboxylic acid groups (broad SMARTS) is 1. The molecule has 0 bridgehead atoms. The molecule has 2 unspecified atom stereocenters. The Morgan fingerprint density at radius 2 is 1.89 bits per heavy atom. The summed E-state index contributed by atoms with van der Waals surface area (Å²) in [6, 6.07) is 0. The molecule has 0 aromatic rings. The van der Waals surface area contributed by atoms with Crippen molar-refractivity contribution in [3.8, 4) is 0 Å². The minimum absolute atomic E-state index is 0.822. The molecule has 1 rings (SSSR count). The third-order valence-corrected chi connectivity index (χ3v) is 3.32. The van der Waals surface area contributed by atoms with Crippen LogP contribution >= 0.6 is 0 Å². The van der Waals surface area contributed by atoms with Gasteiger partial charge in [0, 0.05) is 5.92 Å². The van der Waals surface area contributed by atoms with Crippen LogP contribution in [0.5, 0.6) is 0 Å². The lowest BCUT2D eigenvalue weighted by molar-refractivity contribution is -0.339. The van der Waals surface area contributed by atoms with Crippen molar-refractivity contribution < 1.29 is 45.3 Å². The number of rotatable bonds is 4. The number of carbonyl (C=O) groups is 1. The van der Waals surface area contributed by atoms with E-state index in [-0.39, 0.29) is 0 Å². The van der Waals surface area contributed by atoms with E-state index in [1.54, 1.807) is 0 Å². The van der Waals surface area contributed by atoms with Crippen molar-refractivity contribution in [3.63, 3.8) is 0 Å². The molecule has 19 heavy (non-hydrogen) atoms. The van der Waals surface area contributed by atoms with Crippen molar-refractivity contribution >= 4 is 5.97 Å². The van der Waals surface area contributed by atoms with Crippen molar-refractivity contribution in [1.82, 2.24) is 0 Å². The molecule has 1 heterocycles. The Bertz CT molecular complexity index is 331. The molecular formula is C10H18O9. The molecule has 0 radical (unpaired) electrons. The van der Waals surface area contributed by atoms with Crippen molar-refractivity contribution in [2.45, 2.75) is 43.2 Å². The van der Waals surface area contributed by atoms with Crippen LogP contribution in [0.1, 0.15) is 6.92 Å². The normalized spacial score (nSPS) is 42.7. The second kappa shape index (κ2) is 5.67. The second-order valence-electron chi connectivity index (χ2n) is 4.62. The van der Waals surface area contributed by atoms with E-state index in [9.17, 15) is 30.3 Å². The molecule has 9 heteroatoms. The third-order valence-electron chi connectivity index (χ3n) is 3.32. The van der Waals surface area contributed by atoms with Crippen molar-refractivity contribution in [1.29, 1.82) is 0 Å². The smallest absolute Gasteiger partial charge is 0.367 e. The van der Waals surface area contributed by atoms with E-state index in [0.717, 1.165) is 0 Å². The van der Waals surface area contributed by atoms with Crippen LogP contribution in [0, 0.1) is 5.92 Å². The van der Waals surface area contributed by atoms with Gasteiger partial charge in [0.05, 0.1) is 18.8 Å². The van der Waals surface area contributed by atoms with Gasteiger partial charge >= 0.3 is 5.97 Å². The maximum atomic E-state index is 10.9. The van der Waals surface area contributed by atoms with E-state index >= 15 is 0 Å². The van der Waals surface area contributed by atoms with Gasteiger partial charge in [-0.1, -0.05) is 6.92 Å². The number of aliphatic hydroxyl groups excluding tert-OH is 5. The second-order valence-corrected chi connectivity index (χ2v) is 4.62. The summed E-state index contributed by atoms with van der Waals surface area (Å²) in [7, 11) is 0. The molecular weight excluding hydrogens is 264 g/mol. The predicted molar refractivity (Wildman–Crippen MR) is 57.7 cm³/mol. The fourth-order valence-corrected chi connectivity index (χ4v) is 1.98. The highest BCUT2D eigenvalue weighted by Crippen LogP contribution is 2.34. The highest BCUT2D eigenvalue weighted by Gasteiger charge is 2.58. The average Bonchev–Trinajstić information content (AvgIpc) is 2.38. The molecule has 0 amide bonds. The van der Waals surface area contributed by atoms with Crippen LogP contribution < -0.4 is 0 Å². The van der Waals surface area contributed by atoms with Crippen LogP contribution in [-0.4, -0.2) is 84.6 Å². The van der Waals surface area contributed by atoms with Gasteiger partial charge in [0.15, 0.2) is 0 Å². The lowest BCUT2D eigenvalue weighted by Crippen LogP contribution is -2.67. The van der Waals surface area contributed by atoms with E-state index in [4.69, 9.17) is 14.9 Å². The molecule has 9 nitrogen and oxygen atoms in total. The van der Waals surface area contributed by atoms with Crippen molar-refractivity contribution in [2.24, 2.45) is 5.92 Å². The third kappa shape index (κ3) is 2.72. The molecule has 1 aliphatic heterocycles. The first-order valence-corrected chi connectivity index (χ1v) is 5.63. The molecule has 0 spiro atoms. The summed E-state index contributed by atoms with van der Waals surface area (Å²) in [4.78, 5) is 10.9. The SMILES string of the molecule is C[C@H]1C([C@H](O)[C@H](O)CO)O[C@](O)(C(=O)O)C(O)[C@H]1O. The summed E-state index contributed by atoms with van der Waals surface area (Å²) in [6.07, 6.45) is -8.68. The Balaban J connectivity index is 3.04. The zero-order valence-electron chi connectivity index (χ0n) is 10.1. The van der Waals surface area contributed by atoms with Gasteiger partial charge in [-0.3, -0.25) is 0 Å². The predicted octanol–water partition coefficient (Wildman–Crippen LogP) is -3.77. The molecule has 1 fully saturated rings. The summed E-state index contributed by atoms with van der Waals surface area (Å²) in [6.45, 7) is 0.505. The van der Waals surface area contributed by atoms with E-state index in [1.165, 1.54) is 6.92 Å². The quantitative estimate of drug-likeness (QED) is 0.273. The van der Waals surface area contributed by atoms with E-state index in [1.807, 2.05) is 0 Å². The molecule has 7 atom stereocenters. The van der Waals surface area contributed by atoms with Gasteiger partial charge < -0.3 is 40.5 Å². The van der Waals surface area contributed by atoms with Crippen LogP contribution in [0.25, 0.3) is 0 Å². The van der Waals surface area contributed by atoms with Crippen LogP contribution in [0.2, 0.25) is 0 Å². The maximum absolute atomic E-state index is 10.9. The monoisotopic (exact) mass is 282 g/mol. The number of hydrogen-bond acceptors (Lipinski definition) is 8. The fraction of sp³-hybridized carbons (Fsp3) is 0.900. The first-order chi connectivity index (χ1) is 8.66. The standard InChI is InChI=1S/C10H18O9/c1-3-5(13)8(15)10(18,9(16)17)19-7(3)6(14)4(12)2-11/h3-8,11-15,18H,2H2,1H3,(H,16,17)/t3-,4-,5+,6-,7?,8?,10+/m1/s1. The Morgan fingerprint density at radius 3 is 2.32 bits per heavy atom. The first kappa shape index (κ1) is 16.2. The zero-order chi connectivity index (χ0) is 15.0. The lowest BCUT2D eigenvalue weighted by atomic mass is 9.83. The van der Waals surface area contributed by atoms with Crippen molar-refractivity contribution in [3.05, 3.63) is 0 Å². The summed E-state index contributed by atoms with van der Waals surface area (Å²) >= 11 is 0. The molecule has 7 N–H and O–H groups in total. The highest BCUT2D eigenvalue weighted by molar-refractivity contribution is 5.76. The largest absolute Gasteiger partial charge is 0.477 e. The van der Waals surface area contributed by atoms with Gasteiger partial charge in [-0.2, -0.15) is 0 Å². The minimum atomic E-state index is -3.10. The van der Waals surface area contributed by atoms with Crippen LogP contribution in [0.3, 0.4) is 0 Å². The topological polar surface area (TPSA) is 168 Å². The minimum Gasteiger partial charge on any atom is -0.477 e. The summed E-state index contributed by atoms with van der Waals surface area (Å²) in [5, 5.41) is 65.5. The molecule has 0 aliphatic carbocycles. The summed E-state index contributed by atoms with van der Waals surface area (Å²) in [5.41, 5.74) is 0. The van der Waals surface area contributed by atoms with Gasteiger partial charge in [-0.15, -0.1) is 0 Å². The van der Waals surface area contributed by atoms with Crippen LogP contribution in [0.4, 0.5) is 0 Å². The van der Waals surface area contributed by atoms with E-state index in [0.29, 0.717) is 0 Å². The van der Waals surface area contributed by atoms with E-state index < -0.39 is 54.8 Å². The molecule has 112 valence electrons. The van der Waals surface area contributed by atoms with Crippen LogP contribution in [0.15, 0.2) is 0 Å².